The van der Waals surface area contributed by atoms with Crippen LogP contribution in [0.25, 0.3) is 0 Å². The highest BCUT2D eigenvalue weighted by Gasteiger charge is 2.34. The average Bonchev–Trinajstić information content (AvgIpc) is 2.62. The first-order valence-electron chi connectivity index (χ1n) is 5.28. The fraction of sp³-hybridized carbons (Fsp3) is 0.727. The third-order valence-electron chi connectivity index (χ3n) is 3.14. The van der Waals surface area contributed by atoms with Gasteiger partial charge in [-0.3, -0.25) is 4.79 Å². The number of unbranched alkanes of at least 4 members (excludes halogenated alkanes) is 1. The summed E-state index contributed by atoms with van der Waals surface area (Å²) in [6.45, 7) is 4.17. The van der Waals surface area contributed by atoms with E-state index in [1.54, 1.807) is 0 Å². The highest BCUT2D eigenvalue weighted by Crippen LogP contribution is 2.34. The molecular weight excluding hydrogens is 162 g/mol. The molecule has 0 bridgehead atoms. The van der Waals surface area contributed by atoms with Gasteiger partial charge in [-0.1, -0.05) is 13.3 Å². The first-order chi connectivity index (χ1) is 6.33. The highest BCUT2D eigenvalue weighted by atomic mass is 16.1. The minimum absolute atomic E-state index is 0.426. The van der Waals surface area contributed by atoms with E-state index in [0.717, 1.165) is 37.9 Å². The Morgan fingerprint density at radius 3 is 3.15 bits per heavy atom. The zero-order chi connectivity index (χ0) is 9.26. The van der Waals surface area contributed by atoms with Gasteiger partial charge in [0.2, 0.25) is 0 Å². The lowest BCUT2D eigenvalue weighted by Crippen LogP contribution is -2.11. The third kappa shape index (κ3) is 1.55. The van der Waals surface area contributed by atoms with Gasteiger partial charge in [-0.2, -0.15) is 0 Å². The van der Waals surface area contributed by atoms with E-state index >= 15 is 0 Å². The lowest BCUT2D eigenvalue weighted by Gasteiger charge is -2.01. The predicted molar refractivity (Wildman–Crippen MR) is 52.5 cm³/mol. The third-order valence-corrected chi connectivity index (χ3v) is 3.14. The van der Waals surface area contributed by atoms with E-state index in [1.165, 1.54) is 12.0 Å². The minimum Gasteiger partial charge on any atom is -0.312 e. The Bertz CT molecular complexity index is 255. The molecule has 0 radical (unpaired) electrons. The lowest BCUT2D eigenvalue weighted by atomic mass is 10.0. The fourth-order valence-electron chi connectivity index (χ4n) is 2.38. The number of nitrogens with one attached hydrogen (secondary N) is 1. The normalized spacial score (nSPS) is 27.2. The van der Waals surface area contributed by atoms with Gasteiger partial charge in [0.15, 0.2) is 5.78 Å². The summed E-state index contributed by atoms with van der Waals surface area (Å²) in [4.78, 5) is 11.6. The quantitative estimate of drug-likeness (QED) is 0.714. The van der Waals surface area contributed by atoms with Crippen LogP contribution in [0.5, 0.6) is 0 Å². The molecule has 1 heterocycles. The maximum Gasteiger partial charge on any atom is 0.159 e. The van der Waals surface area contributed by atoms with Crippen LogP contribution in [-0.2, 0) is 4.79 Å². The molecule has 1 aliphatic carbocycles. The van der Waals surface area contributed by atoms with Crippen LogP contribution in [0.2, 0.25) is 0 Å². The molecule has 0 aromatic rings. The Morgan fingerprint density at radius 2 is 2.38 bits per heavy atom. The molecule has 13 heavy (non-hydrogen) atoms. The summed E-state index contributed by atoms with van der Waals surface area (Å²) in [6, 6.07) is 0. The second kappa shape index (κ2) is 3.62. The number of hydrogen-bond acceptors (Lipinski definition) is 2. The molecular formula is C11H17NO. The largest absolute Gasteiger partial charge is 0.312 e. The van der Waals surface area contributed by atoms with E-state index in [4.69, 9.17) is 0 Å². The van der Waals surface area contributed by atoms with Crippen molar-refractivity contribution in [1.82, 2.24) is 5.32 Å². The van der Waals surface area contributed by atoms with Gasteiger partial charge in [-0.15, -0.1) is 0 Å². The summed E-state index contributed by atoms with van der Waals surface area (Å²) >= 11 is 0. The number of rotatable bonds is 3. The molecule has 1 N–H and O–H groups in total. The van der Waals surface area contributed by atoms with E-state index in [1.807, 2.05) is 0 Å². The summed E-state index contributed by atoms with van der Waals surface area (Å²) in [5, 5.41) is 3.34. The Hall–Kier alpha value is -0.630. The summed E-state index contributed by atoms with van der Waals surface area (Å²) in [7, 11) is 0. The highest BCUT2D eigenvalue weighted by molar-refractivity contribution is 5.99. The van der Waals surface area contributed by atoms with Crippen LogP contribution in [0, 0.1) is 5.92 Å². The van der Waals surface area contributed by atoms with E-state index in [2.05, 4.69) is 12.2 Å². The Morgan fingerprint density at radius 1 is 1.54 bits per heavy atom. The summed E-state index contributed by atoms with van der Waals surface area (Å²) in [5.74, 6) is 0.981. The zero-order valence-electron chi connectivity index (χ0n) is 8.23. The average molecular weight is 179 g/mol. The molecule has 1 saturated heterocycles. The van der Waals surface area contributed by atoms with Gasteiger partial charge < -0.3 is 5.32 Å². The number of Topliss-reactive ketones (excluding diaryl/α,β-unsaturated/α-hetero) is 1. The second-order valence-electron chi connectivity index (χ2n) is 4.06. The number of ketones is 1. The molecule has 2 rings (SSSR count). The standard InChI is InChI=1S/C11H17NO/c1-2-3-4-9-10-7-12-6-8(10)5-11(9)13/h8,12H,2-7H2,1H3/t8-/m0/s1. The molecule has 1 atom stereocenters. The fourth-order valence-corrected chi connectivity index (χ4v) is 2.38. The molecule has 0 amide bonds. The number of hydrogen-bond donors (Lipinski definition) is 1. The number of allylic oxidation sites excluding steroid dienone is 1. The lowest BCUT2D eigenvalue weighted by molar-refractivity contribution is -0.115. The van der Waals surface area contributed by atoms with Crippen molar-refractivity contribution in [3.63, 3.8) is 0 Å². The Balaban J connectivity index is 2.12. The summed E-state index contributed by atoms with van der Waals surface area (Å²) < 4.78 is 0. The first kappa shape index (κ1) is 8.95. The van der Waals surface area contributed by atoms with E-state index in [0.29, 0.717) is 11.7 Å². The van der Waals surface area contributed by atoms with Crippen LogP contribution >= 0.6 is 0 Å². The molecule has 1 aliphatic heterocycles. The molecule has 0 unspecified atom stereocenters. The van der Waals surface area contributed by atoms with Crippen molar-refractivity contribution in [2.24, 2.45) is 5.92 Å². The van der Waals surface area contributed by atoms with E-state index in [9.17, 15) is 4.79 Å². The van der Waals surface area contributed by atoms with Crippen LogP contribution in [0.1, 0.15) is 32.6 Å². The minimum atomic E-state index is 0.426. The van der Waals surface area contributed by atoms with Crippen LogP contribution in [0.3, 0.4) is 0 Å². The molecule has 2 heteroatoms. The van der Waals surface area contributed by atoms with Crippen LogP contribution in [-0.4, -0.2) is 18.9 Å². The van der Waals surface area contributed by atoms with Gasteiger partial charge in [-0.05, 0) is 24.0 Å². The summed E-state index contributed by atoms with van der Waals surface area (Å²) in [6.07, 6.45) is 4.14. The molecule has 2 nitrogen and oxygen atoms in total. The second-order valence-corrected chi connectivity index (χ2v) is 4.06. The van der Waals surface area contributed by atoms with Crippen LogP contribution in [0.4, 0.5) is 0 Å². The van der Waals surface area contributed by atoms with Crippen molar-refractivity contribution in [2.45, 2.75) is 32.6 Å². The van der Waals surface area contributed by atoms with Gasteiger partial charge in [0.25, 0.3) is 0 Å². The van der Waals surface area contributed by atoms with Crippen molar-refractivity contribution in [1.29, 1.82) is 0 Å². The van der Waals surface area contributed by atoms with Gasteiger partial charge in [0.1, 0.15) is 0 Å². The Labute approximate surface area is 79.4 Å². The monoisotopic (exact) mass is 179 g/mol. The Kier molecular flexibility index (Phi) is 2.49. The van der Waals surface area contributed by atoms with Crippen LogP contribution < -0.4 is 5.32 Å². The molecule has 0 aromatic carbocycles. The topological polar surface area (TPSA) is 29.1 Å². The number of carbonyl (C=O) groups is 1. The van der Waals surface area contributed by atoms with E-state index < -0.39 is 0 Å². The smallest absolute Gasteiger partial charge is 0.159 e. The zero-order valence-corrected chi connectivity index (χ0v) is 8.23. The number of carbonyl (C=O) groups excluding carboxylic acids is 1. The van der Waals surface area contributed by atoms with Crippen molar-refractivity contribution < 1.29 is 4.79 Å². The van der Waals surface area contributed by atoms with Crippen molar-refractivity contribution in [3.05, 3.63) is 11.1 Å². The van der Waals surface area contributed by atoms with Crippen molar-refractivity contribution >= 4 is 5.78 Å². The number of fused-ring (bicyclic) bond motifs is 1. The van der Waals surface area contributed by atoms with Crippen molar-refractivity contribution in [2.75, 3.05) is 13.1 Å². The molecule has 2 aliphatic rings. The molecule has 0 saturated carbocycles. The van der Waals surface area contributed by atoms with Crippen LogP contribution in [0.15, 0.2) is 11.1 Å². The molecule has 72 valence electrons. The molecule has 1 fully saturated rings. The summed E-state index contributed by atoms with van der Waals surface area (Å²) in [5.41, 5.74) is 2.59. The van der Waals surface area contributed by atoms with E-state index in [-0.39, 0.29) is 0 Å². The van der Waals surface area contributed by atoms with Gasteiger partial charge >= 0.3 is 0 Å². The SMILES string of the molecule is CCCCC1=C2CNC[C@@H]2CC1=O. The van der Waals surface area contributed by atoms with Gasteiger partial charge in [0, 0.05) is 25.4 Å². The first-order valence-corrected chi connectivity index (χ1v) is 5.28. The van der Waals surface area contributed by atoms with Gasteiger partial charge in [0.05, 0.1) is 0 Å². The van der Waals surface area contributed by atoms with Gasteiger partial charge in [-0.25, -0.2) is 0 Å². The maximum absolute atomic E-state index is 11.6. The molecule has 0 aromatic heterocycles. The molecule has 0 spiro atoms. The predicted octanol–water partition coefficient (Wildman–Crippen LogP) is 1.67. The van der Waals surface area contributed by atoms with Crippen molar-refractivity contribution in [3.8, 4) is 0 Å². The maximum atomic E-state index is 11.6.